The van der Waals surface area contributed by atoms with Crippen LogP contribution in [-0.4, -0.2) is 77.6 Å². The number of aliphatic carboxylic acids is 1. The second-order valence-corrected chi connectivity index (χ2v) is 9.48. The number of nitrogens with zero attached hydrogens (tertiary/aromatic N) is 2. The number of carboxylic acid groups (broad SMARTS) is 1. The van der Waals surface area contributed by atoms with Gasteiger partial charge in [0.05, 0.1) is 19.4 Å². The van der Waals surface area contributed by atoms with E-state index in [9.17, 15) is 24.3 Å². The lowest BCUT2D eigenvalue weighted by atomic mass is 10.1. The van der Waals surface area contributed by atoms with Crippen LogP contribution >= 0.6 is 0 Å². The van der Waals surface area contributed by atoms with Crippen molar-refractivity contribution in [3.05, 3.63) is 59.7 Å². The van der Waals surface area contributed by atoms with Crippen LogP contribution in [0.15, 0.2) is 48.5 Å². The highest BCUT2D eigenvalue weighted by atomic mass is 16.5. The highest BCUT2D eigenvalue weighted by molar-refractivity contribution is 6.00. The van der Waals surface area contributed by atoms with Gasteiger partial charge in [0.15, 0.2) is 0 Å². The second-order valence-electron chi connectivity index (χ2n) is 9.48. The molecule has 10 heteroatoms. The fraction of sp³-hybridized carbons (Fsp3) is 0.429. The number of rotatable bonds is 11. The minimum Gasteiger partial charge on any atom is -0.481 e. The molecule has 1 aliphatic heterocycles. The molecule has 4 amide bonds. The van der Waals surface area contributed by atoms with Crippen LogP contribution in [0.25, 0.3) is 0 Å². The Morgan fingerprint density at radius 2 is 1.82 bits per heavy atom. The van der Waals surface area contributed by atoms with E-state index < -0.39 is 18.1 Å². The molecular weight excluding hydrogens is 488 g/mol. The predicted octanol–water partition coefficient (Wildman–Crippen LogP) is 3.51. The van der Waals surface area contributed by atoms with E-state index in [4.69, 9.17) is 4.74 Å². The summed E-state index contributed by atoms with van der Waals surface area (Å²) >= 11 is 0. The molecule has 0 aliphatic carbocycles. The topological polar surface area (TPSA) is 128 Å². The van der Waals surface area contributed by atoms with Crippen molar-refractivity contribution in [1.82, 2.24) is 9.80 Å². The molecule has 0 spiro atoms. The summed E-state index contributed by atoms with van der Waals surface area (Å²) in [5, 5.41) is 14.8. The summed E-state index contributed by atoms with van der Waals surface area (Å²) in [6.45, 7) is 4.61. The van der Waals surface area contributed by atoms with Crippen LogP contribution < -0.4 is 10.6 Å². The van der Waals surface area contributed by atoms with Gasteiger partial charge in [-0.05, 0) is 56.0 Å². The molecule has 3 N–H and O–H groups in total. The van der Waals surface area contributed by atoms with E-state index >= 15 is 0 Å². The molecule has 1 heterocycles. The minimum absolute atomic E-state index is 0.113. The summed E-state index contributed by atoms with van der Waals surface area (Å²) < 4.78 is 5.11. The first-order valence-corrected chi connectivity index (χ1v) is 12.7. The van der Waals surface area contributed by atoms with Crippen molar-refractivity contribution >= 4 is 35.2 Å². The Hall–Kier alpha value is -3.92. The van der Waals surface area contributed by atoms with Crippen molar-refractivity contribution in [2.75, 3.05) is 37.4 Å². The first-order valence-electron chi connectivity index (χ1n) is 12.7. The largest absolute Gasteiger partial charge is 0.481 e. The average molecular weight is 525 g/mol. The molecule has 1 aliphatic rings. The van der Waals surface area contributed by atoms with Crippen LogP contribution in [-0.2, 0) is 25.5 Å². The third-order valence-corrected chi connectivity index (χ3v) is 6.64. The quantitative estimate of drug-likeness (QED) is 0.413. The van der Waals surface area contributed by atoms with Crippen molar-refractivity contribution < 1.29 is 29.0 Å². The van der Waals surface area contributed by atoms with E-state index in [0.717, 1.165) is 16.8 Å². The molecule has 0 aromatic heterocycles. The maximum absolute atomic E-state index is 13.4. The number of carbonyl (C=O) groups excluding carboxylic acids is 3. The van der Waals surface area contributed by atoms with E-state index in [1.165, 1.54) is 12.0 Å². The number of aryl methyl sites for hydroxylation is 1. The van der Waals surface area contributed by atoms with Crippen LogP contribution in [0.5, 0.6) is 0 Å². The van der Waals surface area contributed by atoms with Gasteiger partial charge in [0.25, 0.3) is 0 Å². The smallest absolute Gasteiger partial charge is 0.323 e. The summed E-state index contributed by atoms with van der Waals surface area (Å²) in [5.41, 5.74) is 3.02. The van der Waals surface area contributed by atoms with Gasteiger partial charge in [-0.1, -0.05) is 30.3 Å². The monoisotopic (exact) mass is 524 g/mol. The van der Waals surface area contributed by atoms with Crippen LogP contribution in [0.1, 0.15) is 37.3 Å². The molecule has 0 radical (unpaired) electrons. The first-order chi connectivity index (χ1) is 18.2. The van der Waals surface area contributed by atoms with Gasteiger partial charge in [0.2, 0.25) is 11.8 Å². The standard InChI is InChI=1S/C28H36N4O6/c1-19-7-4-5-8-23(19)30-28(37)29-22-12-10-21(11-13-22)18-25(33)32-14-6-9-24(32)27(36)31(15-16-38-3)20(2)17-26(34)35/h4-5,7-8,10-13,20,24H,6,9,14-18H2,1-3H3,(H,34,35)(H2,29,30,37)/t20?,24-/m0/s1. The number of anilines is 2. The molecule has 0 saturated carbocycles. The third kappa shape index (κ3) is 7.79. The summed E-state index contributed by atoms with van der Waals surface area (Å²) in [5.74, 6) is -1.41. The summed E-state index contributed by atoms with van der Waals surface area (Å²) in [7, 11) is 1.52. The first kappa shape index (κ1) is 28.6. The predicted molar refractivity (Wildman–Crippen MR) is 144 cm³/mol. The highest BCUT2D eigenvalue weighted by Gasteiger charge is 2.37. The molecule has 38 heavy (non-hydrogen) atoms. The zero-order valence-corrected chi connectivity index (χ0v) is 22.1. The zero-order valence-electron chi connectivity index (χ0n) is 22.1. The van der Waals surface area contributed by atoms with Crippen LogP contribution in [0.4, 0.5) is 16.2 Å². The summed E-state index contributed by atoms with van der Waals surface area (Å²) in [6.07, 6.45) is 1.17. The lowest BCUT2D eigenvalue weighted by Crippen LogP contribution is -2.52. The molecule has 10 nitrogen and oxygen atoms in total. The molecule has 2 aromatic rings. The minimum atomic E-state index is -0.988. The Balaban J connectivity index is 1.60. The van der Waals surface area contributed by atoms with Gasteiger partial charge in [-0.2, -0.15) is 0 Å². The van der Waals surface area contributed by atoms with Crippen LogP contribution in [0, 0.1) is 6.92 Å². The Bertz CT molecular complexity index is 1140. The van der Waals surface area contributed by atoms with Gasteiger partial charge in [-0.3, -0.25) is 14.4 Å². The molecular formula is C28H36N4O6. The normalized spacial score (nSPS) is 15.6. The Morgan fingerprint density at radius 3 is 2.47 bits per heavy atom. The second kappa shape index (κ2) is 13.6. The van der Waals surface area contributed by atoms with Gasteiger partial charge < -0.3 is 30.3 Å². The molecule has 1 unspecified atom stereocenters. The van der Waals surface area contributed by atoms with Gasteiger partial charge >= 0.3 is 12.0 Å². The lowest BCUT2D eigenvalue weighted by Gasteiger charge is -2.33. The Kier molecular flexibility index (Phi) is 10.2. The Labute approximate surface area is 222 Å². The van der Waals surface area contributed by atoms with E-state index in [-0.39, 0.29) is 43.8 Å². The molecule has 2 atom stereocenters. The number of likely N-dealkylation sites (tertiary alicyclic amines) is 1. The fourth-order valence-electron chi connectivity index (χ4n) is 4.59. The summed E-state index contributed by atoms with van der Waals surface area (Å²) in [6, 6.07) is 13.0. The average Bonchev–Trinajstić information content (AvgIpc) is 3.36. The number of hydrogen-bond donors (Lipinski definition) is 3. The Morgan fingerprint density at radius 1 is 1.11 bits per heavy atom. The maximum Gasteiger partial charge on any atom is 0.323 e. The van der Waals surface area contributed by atoms with Crippen LogP contribution in [0.3, 0.4) is 0 Å². The van der Waals surface area contributed by atoms with E-state index in [1.807, 2.05) is 31.2 Å². The molecule has 1 fully saturated rings. The van der Waals surface area contributed by atoms with Gasteiger partial charge in [-0.25, -0.2) is 4.79 Å². The number of urea groups is 1. The van der Waals surface area contributed by atoms with Gasteiger partial charge in [0, 0.05) is 37.6 Å². The lowest BCUT2D eigenvalue weighted by molar-refractivity contribution is -0.147. The molecule has 0 bridgehead atoms. The number of nitrogens with one attached hydrogen (secondary N) is 2. The number of hydrogen-bond acceptors (Lipinski definition) is 5. The number of carboxylic acids is 1. The summed E-state index contributed by atoms with van der Waals surface area (Å²) in [4.78, 5) is 53.2. The van der Waals surface area contributed by atoms with E-state index in [1.54, 1.807) is 36.1 Å². The van der Waals surface area contributed by atoms with E-state index in [0.29, 0.717) is 25.1 Å². The maximum atomic E-state index is 13.4. The van der Waals surface area contributed by atoms with Crippen molar-refractivity contribution in [2.24, 2.45) is 0 Å². The molecule has 1 saturated heterocycles. The molecule has 204 valence electrons. The fourth-order valence-corrected chi connectivity index (χ4v) is 4.59. The third-order valence-electron chi connectivity index (χ3n) is 6.64. The van der Waals surface area contributed by atoms with Gasteiger partial charge in [0.1, 0.15) is 6.04 Å². The number of methoxy groups -OCH3 is 1. The molecule has 2 aromatic carbocycles. The van der Waals surface area contributed by atoms with Crippen molar-refractivity contribution in [2.45, 2.75) is 51.6 Å². The number of amides is 4. The van der Waals surface area contributed by atoms with Gasteiger partial charge in [-0.15, -0.1) is 0 Å². The number of benzene rings is 2. The number of carbonyl (C=O) groups is 4. The highest BCUT2D eigenvalue weighted by Crippen LogP contribution is 2.23. The number of para-hydroxylation sites is 1. The van der Waals surface area contributed by atoms with Crippen molar-refractivity contribution in [3.8, 4) is 0 Å². The molecule has 3 rings (SSSR count). The van der Waals surface area contributed by atoms with Crippen LogP contribution in [0.2, 0.25) is 0 Å². The zero-order chi connectivity index (χ0) is 27.7. The number of ether oxygens (including phenoxy) is 1. The SMILES string of the molecule is COCCN(C(=O)[C@@H]1CCCN1C(=O)Cc1ccc(NC(=O)Nc2ccccc2C)cc1)C(C)CC(=O)O. The van der Waals surface area contributed by atoms with Crippen molar-refractivity contribution in [3.63, 3.8) is 0 Å². The van der Waals surface area contributed by atoms with Crippen molar-refractivity contribution in [1.29, 1.82) is 0 Å². The van der Waals surface area contributed by atoms with E-state index in [2.05, 4.69) is 10.6 Å².